The van der Waals surface area contributed by atoms with Gasteiger partial charge in [0.25, 0.3) is 0 Å². The molecule has 0 radical (unpaired) electrons. The Kier molecular flexibility index (Phi) is 4.45. The minimum atomic E-state index is -0.830. The summed E-state index contributed by atoms with van der Waals surface area (Å²) in [5.41, 5.74) is 0.917. The average Bonchev–Trinajstić information content (AvgIpc) is 2.50. The van der Waals surface area contributed by atoms with Gasteiger partial charge >= 0.3 is 5.97 Å². The number of carboxylic acids is 1. The van der Waals surface area contributed by atoms with Crippen molar-refractivity contribution in [2.75, 3.05) is 13.1 Å². The predicted molar refractivity (Wildman–Crippen MR) is 60.0 cm³/mol. The third-order valence-corrected chi connectivity index (χ3v) is 2.62. The number of nitrogens with zero attached hydrogens (tertiary/aromatic N) is 2. The molecule has 82 valence electrons. The maximum atomic E-state index is 10.6. The normalized spacial score (nSPS) is 10.5. The van der Waals surface area contributed by atoms with Crippen LogP contribution in [0.3, 0.4) is 0 Å². The molecule has 1 heterocycles. The van der Waals surface area contributed by atoms with Gasteiger partial charge in [0.2, 0.25) is 0 Å². The average molecular weight is 226 g/mol. The van der Waals surface area contributed by atoms with E-state index in [0.717, 1.165) is 10.7 Å². The molecule has 1 aromatic rings. The number of aliphatic carboxylic acids is 1. The minimum absolute atomic E-state index is 0.0165. The molecule has 0 unspecified atom stereocenters. The van der Waals surface area contributed by atoms with Crippen LogP contribution >= 0.6 is 11.3 Å². The molecule has 0 aliphatic heterocycles. The van der Waals surface area contributed by atoms with Crippen LogP contribution in [0.4, 0.5) is 0 Å². The lowest BCUT2D eigenvalue weighted by atomic mass is 10.4. The van der Waals surface area contributed by atoms with E-state index in [4.69, 9.17) is 5.11 Å². The van der Waals surface area contributed by atoms with E-state index in [1.165, 1.54) is 0 Å². The van der Waals surface area contributed by atoms with E-state index in [9.17, 15) is 4.79 Å². The van der Waals surface area contributed by atoms with Crippen molar-refractivity contribution in [3.8, 4) is 0 Å². The van der Waals surface area contributed by atoms with E-state index in [0.29, 0.717) is 13.1 Å². The zero-order valence-electron chi connectivity index (χ0n) is 8.64. The van der Waals surface area contributed by atoms with Crippen molar-refractivity contribution in [1.82, 2.24) is 9.88 Å². The summed E-state index contributed by atoms with van der Waals surface area (Å²) in [7, 11) is 0. The maximum absolute atomic E-state index is 10.6. The van der Waals surface area contributed by atoms with Crippen LogP contribution in [0.15, 0.2) is 18.0 Å². The van der Waals surface area contributed by atoms with Gasteiger partial charge < -0.3 is 5.11 Å². The van der Waals surface area contributed by atoms with Gasteiger partial charge in [-0.1, -0.05) is 6.08 Å². The summed E-state index contributed by atoms with van der Waals surface area (Å²) in [6.07, 6.45) is 1.70. The van der Waals surface area contributed by atoms with Crippen LogP contribution in [-0.4, -0.2) is 34.0 Å². The van der Waals surface area contributed by atoms with Crippen LogP contribution in [0.5, 0.6) is 0 Å². The van der Waals surface area contributed by atoms with Crippen molar-refractivity contribution in [1.29, 1.82) is 0 Å². The molecule has 0 bridgehead atoms. The van der Waals surface area contributed by atoms with Gasteiger partial charge in [-0.05, 0) is 6.92 Å². The second kappa shape index (κ2) is 5.63. The minimum Gasteiger partial charge on any atom is -0.480 e. The molecular formula is C10H14N2O2S. The molecule has 0 aromatic carbocycles. The highest BCUT2D eigenvalue weighted by Crippen LogP contribution is 2.10. The largest absolute Gasteiger partial charge is 0.480 e. The Balaban J connectivity index is 2.57. The highest BCUT2D eigenvalue weighted by molar-refractivity contribution is 7.09. The smallest absolute Gasteiger partial charge is 0.317 e. The maximum Gasteiger partial charge on any atom is 0.317 e. The zero-order valence-corrected chi connectivity index (χ0v) is 9.46. The summed E-state index contributed by atoms with van der Waals surface area (Å²) >= 11 is 1.57. The van der Waals surface area contributed by atoms with E-state index in [-0.39, 0.29) is 6.54 Å². The van der Waals surface area contributed by atoms with Crippen molar-refractivity contribution in [3.05, 3.63) is 28.7 Å². The summed E-state index contributed by atoms with van der Waals surface area (Å²) < 4.78 is 0. The van der Waals surface area contributed by atoms with Gasteiger partial charge in [-0.2, -0.15) is 0 Å². The second-order valence-corrected chi connectivity index (χ2v) is 4.27. The molecule has 1 rings (SSSR count). The summed E-state index contributed by atoms with van der Waals surface area (Å²) in [6, 6.07) is 0. The number of aryl methyl sites for hydroxylation is 1. The number of rotatable bonds is 6. The fraction of sp³-hybridized carbons (Fsp3) is 0.400. The topological polar surface area (TPSA) is 53.4 Å². The van der Waals surface area contributed by atoms with Crippen molar-refractivity contribution in [2.45, 2.75) is 13.5 Å². The molecule has 0 fully saturated rings. The molecule has 0 saturated heterocycles. The lowest BCUT2D eigenvalue weighted by Crippen LogP contribution is -2.29. The number of hydrogen-bond acceptors (Lipinski definition) is 4. The number of hydrogen-bond donors (Lipinski definition) is 1. The van der Waals surface area contributed by atoms with Crippen molar-refractivity contribution >= 4 is 17.3 Å². The van der Waals surface area contributed by atoms with Crippen LogP contribution < -0.4 is 0 Å². The molecule has 0 atom stereocenters. The van der Waals surface area contributed by atoms with E-state index >= 15 is 0 Å². The first kappa shape index (κ1) is 11.9. The van der Waals surface area contributed by atoms with Crippen LogP contribution in [0.25, 0.3) is 0 Å². The Labute approximate surface area is 92.9 Å². The standard InChI is InChI=1S/C10H14N2O2S/c1-3-4-12(6-10(13)14)5-9-7-15-8(2)11-9/h3,7H,1,4-6H2,2H3,(H,13,14). The Hall–Kier alpha value is -1.20. The fourth-order valence-corrected chi connectivity index (χ4v) is 1.87. The number of carbonyl (C=O) groups is 1. The van der Waals surface area contributed by atoms with Crippen molar-refractivity contribution in [3.63, 3.8) is 0 Å². The quantitative estimate of drug-likeness (QED) is 0.747. The Morgan fingerprint density at radius 3 is 3.00 bits per heavy atom. The van der Waals surface area contributed by atoms with Crippen molar-refractivity contribution < 1.29 is 9.90 Å². The van der Waals surface area contributed by atoms with Crippen molar-refractivity contribution in [2.24, 2.45) is 0 Å². The number of thiazole rings is 1. The Morgan fingerprint density at radius 2 is 2.53 bits per heavy atom. The predicted octanol–water partition coefficient (Wildman–Crippen LogP) is 1.52. The van der Waals surface area contributed by atoms with Gasteiger partial charge in [0.05, 0.1) is 17.2 Å². The van der Waals surface area contributed by atoms with E-state index in [1.807, 2.05) is 12.3 Å². The summed E-state index contributed by atoms with van der Waals surface area (Å²) in [5, 5.41) is 11.7. The zero-order chi connectivity index (χ0) is 11.3. The van der Waals surface area contributed by atoms with Gasteiger partial charge in [-0.3, -0.25) is 9.69 Å². The van der Waals surface area contributed by atoms with Gasteiger partial charge in [-0.25, -0.2) is 4.98 Å². The second-order valence-electron chi connectivity index (χ2n) is 3.21. The van der Waals surface area contributed by atoms with E-state index < -0.39 is 5.97 Å². The van der Waals surface area contributed by atoms with Crippen LogP contribution in [-0.2, 0) is 11.3 Å². The van der Waals surface area contributed by atoms with Crippen LogP contribution in [0.1, 0.15) is 10.7 Å². The lowest BCUT2D eigenvalue weighted by molar-refractivity contribution is -0.138. The molecule has 15 heavy (non-hydrogen) atoms. The highest BCUT2D eigenvalue weighted by Gasteiger charge is 2.10. The van der Waals surface area contributed by atoms with Crippen LogP contribution in [0.2, 0.25) is 0 Å². The molecule has 0 aliphatic rings. The molecule has 0 amide bonds. The van der Waals surface area contributed by atoms with E-state index in [1.54, 1.807) is 22.3 Å². The van der Waals surface area contributed by atoms with Gasteiger partial charge in [0.1, 0.15) is 0 Å². The molecule has 0 aliphatic carbocycles. The first-order valence-corrected chi connectivity index (χ1v) is 5.46. The molecule has 1 N–H and O–H groups in total. The van der Waals surface area contributed by atoms with Crippen LogP contribution in [0, 0.1) is 6.92 Å². The molecule has 1 aromatic heterocycles. The first-order valence-electron chi connectivity index (χ1n) is 4.58. The number of carboxylic acid groups (broad SMARTS) is 1. The fourth-order valence-electron chi connectivity index (χ4n) is 1.27. The molecule has 0 spiro atoms. The lowest BCUT2D eigenvalue weighted by Gasteiger charge is -2.16. The van der Waals surface area contributed by atoms with Gasteiger partial charge in [0.15, 0.2) is 0 Å². The monoisotopic (exact) mass is 226 g/mol. The highest BCUT2D eigenvalue weighted by atomic mass is 32.1. The molecule has 4 nitrogen and oxygen atoms in total. The Bertz CT molecular complexity index is 349. The molecule has 0 saturated carbocycles. The molecular weight excluding hydrogens is 212 g/mol. The summed E-state index contributed by atoms with van der Waals surface area (Å²) in [4.78, 5) is 16.7. The number of aromatic nitrogens is 1. The first-order chi connectivity index (χ1) is 7.11. The Morgan fingerprint density at radius 1 is 1.80 bits per heavy atom. The summed E-state index contributed by atoms with van der Waals surface area (Å²) in [5.74, 6) is -0.830. The van der Waals surface area contributed by atoms with E-state index in [2.05, 4.69) is 11.6 Å². The third kappa shape index (κ3) is 4.22. The van der Waals surface area contributed by atoms with Gasteiger partial charge in [-0.15, -0.1) is 17.9 Å². The van der Waals surface area contributed by atoms with Gasteiger partial charge in [0, 0.05) is 18.5 Å². The SMILES string of the molecule is C=CCN(CC(=O)O)Cc1csc(C)n1. The summed E-state index contributed by atoms with van der Waals surface area (Å²) in [6.45, 7) is 6.67. The third-order valence-electron chi connectivity index (χ3n) is 1.80. The molecule has 5 heteroatoms.